The van der Waals surface area contributed by atoms with E-state index in [1.807, 2.05) is 6.92 Å². The van der Waals surface area contributed by atoms with Gasteiger partial charge in [-0.2, -0.15) is 0 Å². The third-order valence-electron chi connectivity index (χ3n) is 4.08. The second-order valence-electron chi connectivity index (χ2n) is 5.94. The molecule has 140 valence electrons. The fraction of sp³-hybridized carbons (Fsp3) is 0.389. The minimum absolute atomic E-state index is 0.0401. The molecule has 26 heavy (non-hydrogen) atoms. The molecule has 2 rings (SSSR count). The van der Waals surface area contributed by atoms with E-state index in [1.54, 1.807) is 13.0 Å². The molecule has 0 aliphatic rings. The Morgan fingerprint density at radius 2 is 2.04 bits per heavy atom. The summed E-state index contributed by atoms with van der Waals surface area (Å²) in [6, 6.07) is 5.70. The first-order valence-electron chi connectivity index (χ1n) is 8.56. The normalized spacial score (nSPS) is 10.7. The topological polar surface area (TPSA) is 101 Å². The average molecular weight is 362 g/mol. The van der Waals surface area contributed by atoms with Gasteiger partial charge in [0.1, 0.15) is 11.6 Å². The van der Waals surface area contributed by atoms with E-state index in [2.05, 4.69) is 4.98 Å². The third-order valence-corrected chi connectivity index (χ3v) is 4.08. The van der Waals surface area contributed by atoms with Crippen LogP contribution < -0.4 is 21.9 Å². The number of nitrogen functional groups attached to an aromatic ring is 1. The molecule has 2 aromatic rings. The number of aromatic nitrogens is 2. The van der Waals surface area contributed by atoms with Crippen molar-refractivity contribution in [2.75, 3.05) is 17.2 Å². The zero-order chi connectivity index (χ0) is 19.3. The number of likely N-dealkylation sites (N-methyl/N-ethyl adjacent to an activating group) is 1. The van der Waals surface area contributed by atoms with Crippen LogP contribution in [0.4, 0.5) is 15.9 Å². The van der Waals surface area contributed by atoms with Crippen molar-refractivity contribution in [3.63, 3.8) is 0 Å². The summed E-state index contributed by atoms with van der Waals surface area (Å²) in [5.74, 6) is -0.888. The fourth-order valence-corrected chi connectivity index (χ4v) is 2.75. The highest BCUT2D eigenvalue weighted by atomic mass is 19.1. The number of carbonyl (C=O) groups is 1. The largest absolute Gasteiger partial charge is 0.383 e. The Bertz CT molecular complexity index is 904. The van der Waals surface area contributed by atoms with E-state index in [4.69, 9.17) is 5.73 Å². The number of hydrogen-bond acceptors (Lipinski definition) is 4. The van der Waals surface area contributed by atoms with E-state index >= 15 is 0 Å². The number of aromatic amines is 1. The van der Waals surface area contributed by atoms with Crippen LogP contribution in [0, 0.1) is 5.82 Å². The molecular formula is C18H23FN4O3. The molecule has 0 saturated heterocycles. The number of anilines is 2. The molecule has 0 unspecified atom stereocenters. The van der Waals surface area contributed by atoms with Crippen LogP contribution in [0.5, 0.6) is 0 Å². The third kappa shape index (κ3) is 4.19. The number of nitrogens with one attached hydrogen (secondary N) is 1. The molecule has 8 heteroatoms. The number of carbonyl (C=O) groups excluding carboxylic acids is 1. The molecule has 0 bridgehead atoms. The number of benzene rings is 1. The van der Waals surface area contributed by atoms with Crippen LogP contribution in [0.3, 0.4) is 0 Å². The summed E-state index contributed by atoms with van der Waals surface area (Å²) in [5, 5.41) is 0. The summed E-state index contributed by atoms with van der Waals surface area (Å²) >= 11 is 0. The van der Waals surface area contributed by atoms with Crippen LogP contribution >= 0.6 is 0 Å². The quantitative estimate of drug-likeness (QED) is 0.782. The number of hydrogen-bond donors (Lipinski definition) is 2. The number of halogens is 1. The predicted molar refractivity (Wildman–Crippen MR) is 98.8 cm³/mol. The van der Waals surface area contributed by atoms with Gasteiger partial charge in [0, 0.05) is 13.1 Å². The molecule has 0 aliphatic carbocycles. The Labute approximate surface area is 150 Å². The lowest BCUT2D eigenvalue weighted by molar-refractivity contribution is -0.117. The van der Waals surface area contributed by atoms with Gasteiger partial charge >= 0.3 is 5.69 Å². The average Bonchev–Trinajstić information content (AvgIpc) is 2.58. The summed E-state index contributed by atoms with van der Waals surface area (Å²) in [7, 11) is 0. The fourth-order valence-electron chi connectivity index (χ4n) is 2.75. The minimum Gasteiger partial charge on any atom is -0.383 e. The number of nitrogens with two attached hydrogens (primary N) is 1. The molecule has 0 atom stereocenters. The summed E-state index contributed by atoms with van der Waals surface area (Å²) in [6.07, 6.45) is 1.47. The SMILES string of the molecule is CCCCn1c(N)c(N(CC)C(=O)Cc2cccc(F)c2)c(=O)[nH]c1=O. The van der Waals surface area contributed by atoms with Crippen molar-refractivity contribution in [1.29, 1.82) is 0 Å². The summed E-state index contributed by atoms with van der Waals surface area (Å²) in [4.78, 5) is 40.4. The molecule has 3 N–H and O–H groups in total. The molecule has 0 spiro atoms. The zero-order valence-corrected chi connectivity index (χ0v) is 14.9. The lowest BCUT2D eigenvalue weighted by atomic mass is 10.1. The number of unbranched alkanes of at least 4 members (excludes halogenated alkanes) is 1. The van der Waals surface area contributed by atoms with Crippen molar-refractivity contribution < 1.29 is 9.18 Å². The highest BCUT2D eigenvalue weighted by molar-refractivity contribution is 5.96. The monoisotopic (exact) mass is 362 g/mol. The van der Waals surface area contributed by atoms with Crippen molar-refractivity contribution in [2.45, 2.75) is 39.7 Å². The van der Waals surface area contributed by atoms with Crippen LogP contribution in [0.25, 0.3) is 0 Å². The number of nitrogens with zero attached hydrogens (tertiary/aromatic N) is 2. The van der Waals surface area contributed by atoms with Gasteiger partial charge in [0.2, 0.25) is 5.91 Å². The van der Waals surface area contributed by atoms with Crippen molar-refractivity contribution in [1.82, 2.24) is 9.55 Å². The van der Waals surface area contributed by atoms with Crippen molar-refractivity contribution >= 4 is 17.4 Å². The zero-order valence-electron chi connectivity index (χ0n) is 14.9. The van der Waals surface area contributed by atoms with Crippen LogP contribution in [-0.2, 0) is 17.8 Å². The Morgan fingerprint density at radius 1 is 1.31 bits per heavy atom. The summed E-state index contributed by atoms with van der Waals surface area (Å²) in [6.45, 7) is 4.20. The van der Waals surface area contributed by atoms with Gasteiger partial charge in [-0.3, -0.25) is 19.1 Å². The molecule has 0 saturated carbocycles. The summed E-state index contributed by atoms with van der Waals surface area (Å²) < 4.78 is 14.6. The number of H-pyrrole nitrogens is 1. The van der Waals surface area contributed by atoms with Gasteiger partial charge < -0.3 is 10.6 Å². The Morgan fingerprint density at radius 3 is 2.65 bits per heavy atom. The van der Waals surface area contributed by atoms with Crippen LogP contribution in [0.1, 0.15) is 32.3 Å². The Balaban J connectivity index is 2.41. The van der Waals surface area contributed by atoms with E-state index in [0.717, 1.165) is 6.42 Å². The van der Waals surface area contributed by atoms with Crippen LogP contribution in [0.15, 0.2) is 33.9 Å². The van der Waals surface area contributed by atoms with E-state index in [1.165, 1.54) is 27.7 Å². The van der Waals surface area contributed by atoms with E-state index < -0.39 is 23.0 Å². The lowest BCUT2D eigenvalue weighted by Gasteiger charge is -2.23. The number of rotatable bonds is 7. The molecular weight excluding hydrogens is 339 g/mol. The Hall–Kier alpha value is -2.90. The molecule has 0 fully saturated rings. The van der Waals surface area contributed by atoms with Gasteiger partial charge in [-0.1, -0.05) is 25.5 Å². The van der Waals surface area contributed by atoms with Gasteiger partial charge in [-0.05, 0) is 31.0 Å². The van der Waals surface area contributed by atoms with Crippen LogP contribution in [0.2, 0.25) is 0 Å². The van der Waals surface area contributed by atoms with Crippen LogP contribution in [-0.4, -0.2) is 22.0 Å². The van der Waals surface area contributed by atoms with E-state index in [-0.39, 0.29) is 24.5 Å². The maximum atomic E-state index is 13.3. The molecule has 1 aromatic heterocycles. The number of amides is 1. The van der Waals surface area contributed by atoms with Gasteiger partial charge in [0.15, 0.2) is 5.69 Å². The first kappa shape index (κ1) is 19.4. The smallest absolute Gasteiger partial charge is 0.330 e. The standard InChI is InChI=1S/C18H23FN4O3/c1-3-5-9-23-16(20)15(17(25)21-18(23)26)22(4-2)14(24)11-12-7-6-8-13(19)10-12/h6-8,10H,3-5,9,11,20H2,1-2H3,(H,21,25,26). The molecule has 7 nitrogen and oxygen atoms in total. The van der Waals surface area contributed by atoms with Crippen molar-refractivity contribution in [2.24, 2.45) is 0 Å². The van der Waals surface area contributed by atoms with Gasteiger partial charge in [0.05, 0.1) is 6.42 Å². The second-order valence-corrected chi connectivity index (χ2v) is 5.94. The highest BCUT2D eigenvalue weighted by Crippen LogP contribution is 2.18. The van der Waals surface area contributed by atoms with Gasteiger partial charge in [-0.15, -0.1) is 0 Å². The Kier molecular flexibility index (Phi) is 6.32. The van der Waals surface area contributed by atoms with Gasteiger partial charge in [-0.25, -0.2) is 9.18 Å². The predicted octanol–water partition coefficient (Wildman–Crippen LogP) is 1.65. The van der Waals surface area contributed by atoms with E-state index in [0.29, 0.717) is 18.5 Å². The molecule has 1 aromatic carbocycles. The molecule has 0 aliphatic heterocycles. The van der Waals surface area contributed by atoms with E-state index in [9.17, 15) is 18.8 Å². The molecule has 1 heterocycles. The maximum Gasteiger partial charge on any atom is 0.330 e. The molecule has 0 radical (unpaired) electrons. The minimum atomic E-state index is -0.713. The second kappa shape index (κ2) is 8.46. The summed E-state index contributed by atoms with van der Waals surface area (Å²) in [5.41, 5.74) is 5.17. The molecule has 1 amide bonds. The maximum absolute atomic E-state index is 13.3. The highest BCUT2D eigenvalue weighted by Gasteiger charge is 2.23. The first-order chi connectivity index (χ1) is 12.4. The first-order valence-corrected chi connectivity index (χ1v) is 8.56. The van der Waals surface area contributed by atoms with Gasteiger partial charge in [0.25, 0.3) is 5.56 Å². The van der Waals surface area contributed by atoms with Crippen molar-refractivity contribution in [3.8, 4) is 0 Å². The van der Waals surface area contributed by atoms with Crippen molar-refractivity contribution in [3.05, 3.63) is 56.5 Å². The lowest BCUT2D eigenvalue weighted by Crippen LogP contribution is -2.41.